The highest BCUT2D eigenvalue weighted by atomic mass is 35.5. The van der Waals surface area contributed by atoms with Crippen molar-refractivity contribution in [3.05, 3.63) is 34.9 Å². The molecule has 1 aromatic carbocycles. The van der Waals surface area contributed by atoms with Gasteiger partial charge in [0.1, 0.15) is 6.04 Å². The van der Waals surface area contributed by atoms with E-state index in [0.717, 1.165) is 12.0 Å². The molecule has 4 nitrogen and oxygen atoms in total. The number of hydrogen-bond donors (Lipinski definition) is 0. The van der Waals surface area contributed by atoms with Crippen LogP contribution in [0, 0.1) is 0 Å². The van der Waals surface area contributed by atoms with Crippen molar-refractivity contribution >= 4 is 23.5 Å². The summed E-state index contributed by atoms with van der Waals surface area (Å²) < 4.78 is 5.03. The number of carbonyl (C=O) groups excluding carboxylic acids is 2. The third-order valence-electron chi connectivity index (χ3n) is 3.70. The van der Waals surface area contributed by atoms with Gasteiger partial charge < -0.3 is 9.64 Å². The van der Waals surface area contributed by atoms with Crippen LogP contribution < -0.4 is 0 Å². The van der Waals surface area contributed by atoms with E-state index in [-0.39, 0.29) is 11.9 Å². The van der Waals surface area contributed by atoms with Gasteiger partial charge in [0.05, 0.1) is 6.61 Å². The standard InChI is InChI=1S/C16H20ClNO3/c1-2-21-16(20)14-8-5-11-18(14)15(19)10-9-12-6-3-4-7-13(12)17/h3-4,6-7,14H,2,5,8-11H2,1H3. The van der Waals surface area contributed by atoms with Gasteiger partial charge in [0, 0.05) is 18.0 Å². The van der Waals surface area contributed by atoms with Gasteiger partial charge in [-0.05, 0) is 37.8 Å². The van der Waals surface area contributed by atoms with E-state index < -0.39 is 6.04 Å². The van der Waals surface area contributed by atoms with Crippen LogP contribution in [0.25, 0.3) is 0 Å². The first-order valence-electron chi connectivity index (χ1n) is 7.33. The molecule has 1 aliphatic heterocycles. The summed E-state index contributed by atoms with van der Waals surface area (Å²) in [6, 6.07) is 7.10. The van der Waals surface area contributed by atoms with Gasteiger partial charge >= 0.3 is 5.97 Å². The number of hydrogen-bond acceptors (Lipinski definition) is 3. The van der Waals surface area contributed by atoms with Crippen LogP contribution in [-0.2, 0) is 20.7 Å². The summed E-state index contributed by atoms with van der Waals surface area (Å²) in [6.07, 6.45) is 2.49. The Morgan fingerprint density at radius 2 is 2.14 bits per heavy atom. The fourth-order valence-corrected chi connectivity index (χ4v) is 2.87. The first-order valence-corrected chi connectivity index (χ1v) is 7.70. The summed E-state index contributed by atoms with van der Waals surface area (Å²) in [4.78, 5) is 25.8. The predicted molar refractivity (Wildman–Crippen MR) is 81.1 cm³/mol. The molecule has 1 heterocycles. The molecule has 21 heavy (non-hydrogen) atoms. The Morgan fingerprint density at radius 1 is 1.38 bits per heavy atom. The van der Waals surface area contributed by atoms with Crippen LogP contribution in [0.1, 0.15) is 31.7 Å². The first kappa shape index (κ1) is 15.8. The molecule has 2 rings (SSSR count). The number of ether oxygens (including phenoxy) is 1. The lowest BCUT2D eigenvalue weighted by atomic mass is 10.1. The van der Waals surface area contributed by atoms with Crippen molar-refractivity contribution in [3.63, 3.8) is 0 Å². The van der Waals surface area contributed by atoms with Crippen molar-refractivity contribution in [2.75, 3.05) is 13.2 Å². The van der Waals surface area contributed by atoms with Gasteiger partial charge in [0.2, 0.25) is 5.91 Å². The Balaban J connectivity index is 1.93. The Morgan fingerprint density at radius 3 is 2.86 bits per heavy atom. The van der Waals surface area contributed by atoms with Gasteiger partial charge in [-0.25, -0.2) is 4.79 Å². The van der Waals surface area contributed by atoms with Gasteiger partial charge in [0.15, 0.2) is 0 Å². The average molecular weight is 310 g/mol. The number of likely N-dealkylation sites (tertiary alicyclic amines) is 1. The molecule has 1 aromatic rings. The molecule has 1 amide bonds. The van der Waals surface area contributed by atoms with Crippen LogP contribution in [0.3, 0.4) is 0 Å². The number of nitrogens with zero attached hydrogens (tertiary/aromatic N) is 1. The van der Waals surface area contributed by atoms with Gasteiger partial charge in [-0.2, -0.15) is 0 Å². The molecule has 0 aromatic heterocycles. The monoisotopic (exact) mass is 309 g/mol. The first-order chi connectivity index (χ1) is 10.1. The molecule has 0 bridgehead atoms. The van der Waals surface area contributed by atoms with Gasteiger partial charge in [-0.15, -0.1) is 0 Å². The third-order valence-corrected chi connectivity index (χ3v) is 4.07. The summed E-state index contributed by atoms with van der Waals surface area (Å²) in [7, 11) is 0. The molecule has 1 saturated heterocycles. The minimum absolute atomic E-state index is 0.00882. The van der Waals surface area contributed by atoms with Crippen molar-refractivity contribution in [3.8, 4) is 0 Å². The van der Waals surface area contributed by atoms with Crippen molar-refractivity contribution in [1.29, 1.82) is 0 Å². The van der Waals surface area contributed by atoms with E-state index in [1.807, 2.05) is 24.3 Å². The lowest BCUT2D eigenvalue weighted by molar-refractivity contribution is -0.153. The van der Waals surface area contributed by atoms with E-state index in [9.17, 15) is 9.59 Å². The molecule has 0 aliphatic carbocycles. The SMILES string of the molecule is CCOC(=O)C1CCCN1C(=O)CCc1ccccc1Cl. The number of carbonyl (C=O) groups is 2. The summed E-state index contributed by atoms with van der Waals surface area (Å²) in [5.74, 6) is -0.299. The molecule has 0 spiro atoms. The van der Waals surface area contributed by atoms with Crippen molar-refractivity contribution < 1.29 is 14.3 Å². The fourth-order valence-electron chi connectivity index (χ4n) is 2.64. The van der Waals surface area contributed by atoms with Gasteiger partial charge in [-0.3, -0.25) is 4.79 Å². The van der Waals surface area contributed by atoms with Gasteiger partial charge in [0.25, 0.3) is 0 Å². The Labute approximate surface area is 130 Å². The van der Waals surface area contributed by atoms with Crippen molar-refractivity contribution in [2.24, 2.45) is 0 Å². The molecular formula is C16H20ClNO3. The molecule has 1 aliphatic rings. The summed E-state index contributed by atoms with van der Waals surface area (Å²) in [5.41, 5.74) is 0.958. The summed E-state index contributed by atoms with van der Waals surface area (Å²) >= 11 is 6.09. The number of amides is 1. The molecule has 5 heteroatoms. The molecule has 0 saturated carbocycles. The summed E-state index contributed by atoms with van der Waals surface area (Å²) in [6.45, 7) is 2.75. The summed E-state index contributed by atoms with van der Waals surface area (Å²) in [5, 5.41) is 0.675. The Bertz CT molecular complexity index is 518. The second-order valence-electron chi connectivity index (χ2n) is 5.09. The van der Waals surface area contributed by atoms with Crippen LogP contribution in [0.15, 0.2) is 24.3 Å². The second-order valence-corrected chi connectivity index (χ2v) is 5.50. The maximum Gasteiger partial charge on any atom is 0.328 e. The number of esters is 1. The molecular weight excluding hydrogens is 290 g/mol. The zero-order valence-corrected chi connectivity index (χ0v) is 12.9. The number of halogens is 1. The van der Waals surface area contributed by atoms with E-state index >= 15 is 0 Å². The maximum atomic E-state index is 12.3. The highest BCUT2D eigenvalue weighted by molar-refractivity contribution is 6.31. The van der Waals surface area contributed by atoms with E-state index in [4.69, 9.17) is 16.3 Å². The van der Waals surface area contributed by atoms with Crippen LogP contribution in [-0.4, -0.2) is 36.0 Å². The highest BCUT2D eigenvalue weighted by Gasteiger charge is 2.34. The normalized spacial score (nSPS) is 17.8. The molecule has 1 atom stereocenters. The second kappa shape index (κ2) is 7.46. The molecule has 1 fully saturated rings. The van der Waals surface area contributed by atoms with Crippen molar-refractivity contribution in [1.82, 2.24) is 4.90 Å². The van der Waals surface area contributed by atoms with Gasteiger partial charge in [-0.1, -0.05) is 29.8 Å². The highest BCUT2D eigenvalue weighted by Crippen LogP contribution is 2.22. The zero-order valence-electron chi connectivity index (χ0n) is 12.2. The van der Waals surface area contributed by atoms with E-state index in [1.54, 1.807) is 11.8 Å². The van der Waals surface area contributed by atoms with Crippen LogP contribution in [0.2, 0.25) is 5.02 Å². The van der Waals surface area contributed by atoms with E-state index in [2.05, 4.69) is 0 Å². The minimum Gasteiger partial charge on any atom is -0.464 e. The quantitative estimate of drug-likeness (QED) is 0.786. The molecule has 0 radical (unpaired) electrons. The average Bonchev–Trinajstić information content (AvgIpc) is 2.96. The number of aryl methyl sites for hydroxylation is 1. The Hall–Kier alpha value is -1.55. The topological polar surface area (TPSA) is 46.6 Å². The van der Waals surface area contributed by atoms with Crippen LogP contribution >= 0.6 is 11.6 Å². The zero-order chi connectivity index (χ0) is 15.2. The smallest absolute Gasteiger partial charge is 0.328 e. The maximum absolute atomic E-state index is 12.3. The molecule has 1 unspecified atom stereocenters. The minimum atomic E-state index is -0.413. The number of benzene rings is 1. The lowest BCUT2D eigenvalue weighted by Crippen LogP contribution is -2.41. The largest absolute Gasteiger partial charge is 0.464 e. The molecule has 0 N–H and O–H groups in total. The van der Waals surface area contributed by atoms with Crippen LogP contribution in [0.4, 0.5) is 0 Å². The fraction of sp³-hybridized carbons (Fsp3) is 0.500. The van der Waals surface area contributed by atoms with Crippen LogP contribution in [0.5, 0.6) is 0 Å². The Kier molecular flexibility index (Phi) is 5.62. The lowest BCUT2D eigenvalue weighted by Gasteiger charge is -2.23. The van der Waals surface area contributed by atoms with Crippen molar-refractivity contribution in [2.45, 2.75) is 38.6 Å². The van der Waals surface area contributed by atoms with E-state index in [1.165, 1.54) is 0 Å². The number of rotatable bonds is 5. The van der Waals surface area contributed by atoms with E-state index in [0.29, 0.717) is 37.4 Å². The molecule has 114 valence electrons. The predicted octanol–water partition coefficient (Wildman–Crippen LogP) is 2.83. The third kappa shape index (κ3) is 3.97.